The summed E-state index contributed by atoms with van der Waals surface area (Å²) in [6, 6.07) is 31.5. The first-order valence-corrected chi connectivity index (χ1v) is 17.2. The third-order valence-corrected chi connectivity index (χ3v) is 10.1. The molecule has 0 heterocycles. The maximum atomic E-state index is 14.2. The molecule has 1 N–H and O–H groups in total. The Morgan fingerprint density at radius 3 is 2.04 bits per heavy atom. The molecule has 1 fully saturated rings. The molecule has 1 atom stereocenters. The van der Waals surface area contributed by atoms with E-state index >= 15 is 0 Å². The van der Waals surface area contributed by atoms with Crippen LogP contribution in [0.25, 0.3) is 0 Å². The van der Waals surface area contributed by atoms with Crippen molar-refractivity contribution in [1.82, 2.24) is 10.2 Å². The summed E-state index contributed by atoms with van der Waals surface area (Å²) >= 11 is 0. The quantitative estimate of drug-likeness (QED) is 0.180. The van der Waals surface area contributed by atoms with Gasteiger partial charge in [0.2, 0.25) is 11.8 Å². The number of nitrogens with zero attached hydrogens (tertiary/aromatic N) is 2. The van der Waals surface area contributed by atoms with E-state index in [0.29, 0.717) is 23.6 Å². The summed E-state index contributed by atoms with van der Waals surface area (Å²) in [5.41, 5.74) is 2.24. The second kappa shape index (κ2) is 15.1. The molecule has 0 unspecified atom stereocenters. The first-order valence-electron chi connectivity index (χ1n) is 15.8. The molecule has 0 bridgehead atoms. The number of anilines is 1. The lowest BCUT2D eigenvalue weighted by Gasteiger charge is -2.32. The minimum atomic E-state index is -4.16. The number of sulfonamides is 1. The van der Waals surface area contributed by atoms with Gasteiger partial charge in [0, 0.05) is 12.6 Å². The van der Waals surface area contributed by atoms with Crippen LogP contribution in [-0.2, 0) is 26.0 Å². The van der Waals surface area contributed by atoms with Gasteiger partial charge in [0.25, 0.3) is 10.0 Å². The van der Waals surface area contributed by atoms with E-state index in [4.69, 9.17) is 4.74 Å². The van der Waals surface area contributed by atoms with Crippen LogP contribution in [0, 0.1) is 6.92 Å². The van der Waals surface area contributed by atoms with Crippen LogP contribution in [0.15, 0.2) is 114 Å². The Bertz CT molecular complexity index is 1690. The van der Waals surface area contributed by atoms with Gasteiger partial charge in [0.15, 0.2) is 0 Å². The molecule has 1 saturated carbocycles. The zero-order valence-corrected chi connectivity index (χ0v) is 27.2. The van der Waals surface area contributed by atoms with Gasteiger partial charge in [0.1, 0.15) is 24.1 Å². The molecule has 0 aromatic heterocycles. The highest BCUT2D eigenvalue weighted by molar-refractivity contribution is 7.92. The van der Waals surface area contributed by atoms with Gasteiger partial charge < -0.3 is 15.0 Å². The maximum Gasteiger partial charge on any atom is 0.264 e. The van der Waals surface area contributed by atoms with Gasteiger partial charge in [-0.15, -0.1) is 0 Å². The van der Waals surface area contributed by atoms with E-state index in [2.05, 4.69) is 5.32 Å². The van der Waals surface area contributed by atoms with Crippen LogP contribution in [-0.4, -0.2) is 50.3 Å². The van der Waals surface area contributed by atoms with Crippen molar-refractivity contribution < 1.29 is 22.7 Å². The Balaban J connectivity index is 1.44. The van der Waals surface area contributed by atoms with Gasteiger partial charge >= 0.3 is 0 Å². The van der Waals surface area contributed by atoms with Crippen molar-refractivity contribution in [1.29, 1.82) is 0 Å². The predicted octanol–water partition coefficient (Wildman–Crippen LogP) is 6.50. The smallest absolute Gasteiger partial charge is 0.264 e. The summed E-state index contributed by atoms with van der Waals surface area (Å²) in [5, 5.41) is 3.11. The summed E-state index contributed by atoms with van der Waals surface area (Å²) < 4.78 is 35.3. The summed E-state index contributed by atoms with van der Waals surface area (Å²) in [7, 11) is -4.16. The number of nitrogens with one attached hydrogen (secondary N) is 1. The van der Waals surface area contributed by atoms with Crippen molar-refractivity contribution in [3.05, 3.63) is 120 Å². The van der Waals surface area contributed by atoms with Crippen LogP contribution in [0.1, 0.15) is 43.7 Å². The number of carbonyl (C=O) groups excluding carboxylic acids is 2. The minimum Gasteiger partial charge on any atom is -0.457 e. The van der Waals surface area contributed by atoms with Crippen molar-refractivity contribution >= 4 is 27.5 Å². The molecule has 4 aromatic carbocycles. The summed E-state index contributed by atoms with van der Waals surface area (Å²) in [4.78, 5) is 29.2. The maximum absolute atomic E-state index is 14.2. The molecule has 4 aromatic rings. The molecule has 0 aliphatic heterocycles. The normalized spacial score (nSPS) is 14.0. The molecule has 0 radical (unpaired) electrons. The van der Waals surface area contributed by atoms with Crippen LogP contribution in [0.2, 0.25) is 0 Å². The van der Waals surface area contributed by atoms with E-state index < -0.39 is 28.5 Å². The first-order chi connectivity index (χ1) is 22.2. The number of carbonyl (C=O) groups is 2. The molecule has 5 rings (SSSR count). The Morgan fingerprint density at radius 2 is 1.41 bits per heavy atom. The van der Waals surface area contributed by atoms with Crippen molar-refractivity contribution in [3.63, 3.8) is 0 Å². The topological polar surface area (TPSA) is 96.0 Å². The van der Waals surface area contributed by atoms with Crippen molar-refractivity contribution in [2.75, 3.05) is 17.4 Å². The van der Waals surface area contributed by atoms with Crippen LogP contribution in [0.3, 0.4) is 0 Å². The lowest BCUT2D eigenvalue weighted by Crippen LogP contribution is -2.53. The number of benzene rings is 4. The second-order valence-electron chi connectivity index (χ2n) is 11.7. The first kappa shape index (κ1) is 32.8. The fourth-order valence-electron chi connectivity index (χ4n) is 5.63. The average Bonchev–Trinajstić information content (AvgIpc) is 3.58. The predicted molar refractivity (Wildman–Crippen MR) is 180 cm³/mol. The Morgan fingerprint density at radius 1 is 0.826 bits per heavy atom. The zero-order chi connectivity index (χ0) is 32.5. The largest absolute Gasteiger partial charge is 0.457 e. The molecule has 1 aliphatic carbocycles. The molecule has 2 amide bonds. The number of aryl methyl sites for hydroxylation is 1. The van der Waals surface area contributed by atoms with Gasteiger partial charge in [-0.2, -0.15) is 0 Å². The van der Waals surface area contributed by atoms with Crippen molar-refractivity contribution in [2.45, 2.75) is 62.9 Å². The monoisotopic (exact) mass is 639 g/mol. The Hall–Kier alpha value is -4.63. The van der Waals surface area contributed by atoms with E-state index in [-0.39, 0.29) is 23.4 Å². The van der Waals surface area contributed by atoms with Crippen LogP contribution in [0.5, 0.6) is 11.5 Å². The Labute approximate surface area is 272 Å². The van der Waals surface area contributed by atoms with Crippen molar-refractivity contribution in [3.8, 4) is 11.5 Å². The number of amides is 2. The fourth-order valence-corrected chi connectivity index (χ4v) is 7.05. The molecule has 0 spiro atoms. The van der Waals surface area contributed by atoms with E-state index in [1.165, 1.54) is 4.90 Å². The van der Waals surface area contributed by atoms with E-state index in [9.17, 15) is 18.0 Å². The molecule has 46 heavy (non-hydrogen) atoms. The second-order valence-corrected chi connectivity index (χ2v) is 13.6. The van der Waals surface area contributed by atoms with Gasteiger partial charge in [-0.1, -0.05) is 79.1 Å². The van der Waals surface area contributed by atoms with Crippen LogP contribution < -0.4 is 14.4 Å². The third kappa shape index (κ3) is 8.34. The summed E-state index contributed by atoms with van der Waals surface area (Å²) in [6.45, 7) is 3.36. The molecular formula is C37H41N3O5S. The minimum absolute atomic E-state index is 0.0679. The van der Waals surface area contributed by atoms with E-state index in [1.807, 2.05) is 67.6 Å². The highest BCUT2D eigenvalue weighted by Gasteiger charge is 2.33. The van der Waals surface area contributed by atoms with Crippen LogP contribution >= 0.6 is 0 Å². The third-order valence-electron chi connectivity index (χ3n) is 8.34. The SMILES string of the molecule is Cc1ccc(S(=O)(=O)N(CC(=O)N(CCc2ccccc2)[C@@H](C)C(=O)NC2CCCC2)c2ccc(Oc3ccccc3)cc2)cc1. The Kier molecular flexibility index (Phi) is 10.8. The number of ether oxygens (including phenoxy) is 1. The molecular weight excluding hydrogens is 598 g/mol. The van der Waals surface area contributed by atoms with Gasteiger partial charge in [-0.3, -0.25) is 13.9 Å². The number of hydrogen-bond donors (Lipinski definition) is 1. The highest BCUT2D eigenvalue weighted by atomic mass is 32.2. The van der Waals surface area contributed by atoms with Crippen LogP contribution in [0.4, 0.5) is 5.69 Å². The molecule has 0 saturated heterocycles. The number of rotatable bonds is 13. The lowest BCUT2D eigenvalue weighted by molar-refractivity contribution is -0.139. The van der Waals surface area contributed by atoms with Gasteiger partial charge in [0.05, 0.1) is 10.6 Å². The van der Waals surface area contributed by atoms with E-state index in [1.54, 1.807) is 55.5 Å². The van der Waals surface area contributed by atoms with E-state index in [0.717, 1.165) is 41.1 Å². The fraction of sp³-hybridized carbons (Fsp3) is 0.297. The highest BCUT2D eigenvalue weighted by Crippen LogP contribution is 2.29. The summed E-state index contributed by atoms with van der Waals surface area (Å²) in [6.07, 6.45) is 4.49. The number of para-hydroxylation sites is 1. The summed E-state index contributed by atoms with van der Waals surface area (Å²) in [5.74, 6) is 0.470. The average molecular weight is 640 g/mol. The van der Waals surface area contributed by atoms with Gasteiger partial charge in [-0.05, 0) is 87.2 Å². The lowest BCUT2D eigenvalue weighted by atomic mass is 10.1. The molecule has 8 nitrogen and oxygen atoms in total. The molecule has 9 heteroatoms. The van der Waals surface area contributed by atoms with Gasteiger partial charge in [-0.25, -0.2) is 8.42 Å². The number of hydrogen-bond acceptors (Lipinski definition) is 5. The molecule has 240 valence electrons. The molecule has 1 aliphatic rings. The zero-order valence-electron chi connectivity index (χ0n) is 26.3. The van der Waals surface area contributed by atoms with Crippen molar-refractivity contribution in [2.24, 2.45) is 0 Å². The standard InChI is InChI=1S/C37H41N3O5S/c1-28-17-23-35(24-18-28)46(43,44)40(32-19-21-34(22-20-32)45-33-15-7-4-8-16-33)27-36(41)39(26-25-30-11-5-3-6-12-30)29(2)37(42)38-31-13-9-10-14-31/h3-8,11-12,15-24,29,31H,9-10,13-14,25-27H2,1-2H3,(H,38,42)/t29-/m0/s1.